The van der Waals surface area contributed by atoms with Crippen molar-refractivity contribution < 1.29 is 22.3 Å². The Bertz CT molecular complexity index is 1650. The summed E-state index contributed by atoms with van der Waals surface area (Å²) in [5.41, 5.74) is 2.79. The van der Waals surface area contributed by atoms with Gasteiger partial charge in [-0.2, -0.15) is 18.3 Å². The number of ether oxygens (including phenoxy) is 1. The van der Waals surface area contributed by atoms with E-state index in [1.807, 2.05) is 24.4 Å². The number of rotatable bonds is 6. The van der Waals surface area contributed by atoms with Crippen LogP contribution in [0.1, 0.15) is 17.0 Å². The lowest BCUT2D eigenvalue weighted by atomic mass is 10.0. The monoisotopic (exact) mass is 522 g/mol. The quantitative estimate of drug-likeness (QED) is 0.253. The van der Waals surface area contributed by atoms with E-state index in [9.17, 15) is 13.2 Å². The summed E-state index contributed by atoms with van der Waals surface area (Å²) in [4.78, 5) is 18.1. The molecule has 0 fully saturated rings. The van der Waals surface area contributed by atoms with Crippen molar-refractivity contribution >= 4 is 11.2 Å². The molecule has 0 aliphatic carbocycles. The summed E-state index contributed by atoms with van der Waals surface area (Å²) in [5.74, 6) is -0.832. The van der Waals surface area contributed by atoms with E-state index < -0.39 is 17.6 Å². The third kappa shape index (κ3) is 4.97. The molecule has 5 aromatic rings. The number of methoxy groups -OCH3 is 1. The highest BCUT2D eigenvalue weighted by molar-refractivity contribution is 5.89. The maximum atomic E-state index is 15.1. The summed E-state index contributed by atoms with van der Waals surface area (Å²) in [7, 11) is 1.62. The molecule has 3 heterocycles. The van der Waals surface area contributed by atoms with E-state index in [-0.39, 0.29) is 28.2 Å². The number of hydrogen-bond donors (Lipinski definition) is 0. The van der Waals surface area contributed by atoms with Crippen LogP contribution in [0.4, 0.5) is 17.6 Å². The van der Waals surface area contributed by atoms with E-state index in [4.69, 9.17) is 4.74 Å². The molecule has 194 valence electrons. The zero-order chi connectivity index (χ0) is 27.0. The van der Waals surface area contributed by atoms with Crippen LogP contribution in [0.5, 0.6) is 0 Å². The predicted molar refractivity (Wildman–Crippen MR) is 134 cm³/mol. The van der Waals surface area contributed by atoms with Gasteiger partial charge in [-0.25, -0.2) is 24.3 Å². The first kappa shape index (κ1) is 25.4. The molecule has 0 amide bonds. The van der Waals surface area contributed by atoms with Gasteiger partial charge in [0, 0.05) is 30.0 Å². The predicted octanol–water partition coefficient (Wildman–Crippen LogP) is 6.04. The first-order chi connectivity index (χ1) is 18.1. The fraction of sp³-hybridized carbons (Fsp3) is 0.222. The molecule has 2 aromatic carbocycles. The zero-order valence-electron chi connectivity index (χ0n) is 20.7. The van der Waals surface area contributed by atoms with Crippen LogP contribution in [0, 0.1) is 19.7 Å². The van der Waals surface area contributed by atoms with Crippen molar-refractivity contribution in [2.45, 2.75) is 26.6 Å². The van der Waals surface area contributed by atoms with E-state index >= 15 is 4.39 Å². The summed E-state index contributed by atoms with van der Waals surface area (Å²) in [5, 5.41) is 4.34. The van der Waals surface area contributed by atoms with Crippen molar-refractivity contribution in [3.8, 4) is 33.8 Å². The molecule has 0 N–H and O–H groups in total. The Morgan fingerprint density at radius 2 is 1.66 bits per heavy atom. The average molecular weight is 523 g/mol. The molecular formula is C27H22F4N6O. The Morgan fingerprint density at radius 3 is 2.39 bits per heavy atom. The second-order valence-corrected chi connectivity index (χ2v) is 8.72. The van der Waals surface area contributed by atoms with Gasteiger partial charge in [0.2, 0.25) is 0 Å². The minimum absolute atomic E-state index is 0.0598. The van der Waals surface area contributed by atoms with Gasteiger partial charge in [0.25, 0.3) is 0 Å². The molecule has 3 aromatic heterocycles. The van der Waals surface area contributed by atoms with Gasteiger partial charge in [0.1, 0.15) is 17.0 Å². The number of fused-ring (bicyclic) bond motifs is 1. The minimum Gasteiger partial charge on any atom is -0.383 e. The topological polar surface area (TPSA) is 78.6 Å². The Morgan fingerprint density at radius 1 is 0.895 bits per heavy atom. The fourth-order valence-electron chi connectivity index (χ4n) is 3.97. The van der Waals surface area contributed by atoms with Crippen molar-refractivity contribution in [1.29, 1.82) is 0 Å². The average Bonchev–Trinajstić information content (AvgIpc) is 3.36. The molecule has 0 spiro atoms. The largest absolute Gasteiger partial charge is 0.416 e. The van der Waals surface area contributed by atoms with Gasteiger partial charge in [-0.05, 0) is 43.7 Å². The van der Waals surface area contributed by atoms with Gasteiger partial charge in [0.05, 0.1) is 36.3 Å². The number of aryl methyl sites for hydroxylation is 2. The number of halogens is 4. The summed E-state index contributed by atoms with van der Waals surface area (Å²) in [6.07, 6.45) is -1.06. The highest BCUT2D eigenvalue weighted by Gasteiger charge is 2.31. The first-order valence-electron chi connectivity index (χ1n) is 11.7. The van der Waals surface area contributed by atoms with Crippen molar-refractivity contribution in [3.63, 3.8) is 0 Å². The first-order valence-corrected chi connectivity index (χ1v) is 11.7. The van der Waals surface area contributed by atoms with Crippen LogP contribution in [0.15, 0.2) is 54.9 Å². The normalized spacial score (nSPS) is 11.9. The fourth-order valence-corrected chi connectivity index (χ4v) is 3.97. The van der Waals surface area contributed by atoms with Crippen LogP contribution < -0.4 is 0 Å². The molecule has 38 heavy (non-hydrogen) atoms. The lowest BCUT2D eigenvalue weighted by Gasteiger charge is -2.12. The SMILES string of the molecule is COCCn1cc(-c2cccc(-c3nc(-c4ccc(C(F)(F)F)cc4F)c4nc(C)c(C)nc4n3)c2)cn1. The summed E-state index contributed by atoms with van der Waals surface area (Å²) in [6, 6.07) is 9.73. The van der Waals surface area contributed by atoms with E-state index in [0.717, 1.165) is 23.3 Å². The molecular weight excluding hydrogens is 500 g/mol. The minimum atomic E-state index is -4.68. The van der Waals surface area contributed by atoms with Crippen molar-refractivity contribution in [2.24, 2.45) is 0 Å². The van der Waals surface area contributed by atoms with Gasteiger partial charge < -0.3 is 4.74 Å². The maximum Gasteiger partial charge on any atom is 0.416 e. The second-order valence-electron chi connectivity index (χ2n) is 8.72. The van der Waals surface area contributed by atoms with E-state index in [1.165, 1.54) is 0 Å². The molecule has 0 atom stereocenters. The Kier molecular flexibility index (Phi) is 6.62. The summed E-state index contributed by atoms with van der Waals surface area (Å²) >= 11 is 0. The van der Waals surface area contributed by atoms with E-state index in [0.29, 0.717) is 36.2 Å². The highest BCUT2D eigenvalue weighted by atomic mass is 19.4. The third-order valence-electron chi connectivity index (χ3n) is 6.11. The lowest BCUT2D eigenvalue weighted by Crippen LogP contribution is -2.06. The Labute approximate surface area is 215 Å². The van der Waals surface area contributed by atoms with Crippen LogP contribution in [-0.2, 0) is 17.5 Å². The van der Waals surface area contributed by atoms with E-state index in [2.05, 4.69) is 25.0 Å². The number of benzene rings is 2. The zero-order valence-corrected chi connectivity index (χ0v) is 20.7. The van der Waals surface area contributed by atoms with Crippen LogP contribution in [0.25, 0.3) is 44.9 Å². The molecule has 0 radical (unpaired) electrons. The molecule has 0 aliphatic rings. The molecule has 0 bridgehead atoms. The molecule has 0 saturated carbocycles. The van der Waals surface area contributed by atoms with Gasteiger partial charge >= 0.3 is 6.18 Å². The van der Waals surface area contributed by atoms with Gasteiger partial charge in [0.15, 0.2) is 11.5 Å². The standard InChI is InChI=1S/C27H22F4N6O/c1-15-16(2)34-26-24(33-15)23(21-8-7-20(12-22(21)28)27(29,30)31)35-25(36-26)18-6-4-5-17(11-18)19-13-32-37(14-19)9-10-38-3/h4-8,11-14H,9-10H2,1-3H3. The summed E-state index contributed by atoms with van der Waals surface area (Å²) < 4.78 is 61.4. The smallest absolute Gasteiger partial charge is 0.383 e. The molecule has 11 heteroatoms. The van der Waals surface area contributed by atoms with Crippen LogP contribution in [-0.4, -0.2) is 43.4 Å². The molecule has 0 aliphatic heterocycles. The van der Waals surface area contributed by atoms with Gasteiger partial charge in [-0.15, -0.1) is 0 Å². The Hall–Kier alpha value is -4.25. The third-order valence-corrected chi connectivity index (χ3v) is 6.11. The van der Waals surface area contributed by atoms with Crippen LogP contribution in [0.2, 0.25) is 0 Å². The van der Waals surface area contributed by atoms with Crippen LogP contribution in [0.3, 0.4) is 0 Å². The molecule has 5 rings (SSSR count). The molecule has 0 saturated heterocycles. The number of aromatic nitrogens is 6. The second kappa shape index (κ2) is 9.90. The van der Waals surface area contributed by atoms with E-state index in [1.54, 1.807) is 37.9 Å². The van der Waals surface area contributed by atoms with Gasteiger partial charge in [-0.1, -0.05) is 18.2 Å². The molecule has 7 nitrogen and oxygen atoms in total. The van der Waals surface area contributed by atoms with Crippen molar-refractivity contribution in [3.05, 3.63) is 77.6 Å². The number of nitrogens with zero attached hydrogens (tertiary/aromatic N) is 6. The lowest BCUT2D eigenvalue weighted by molar-refractivity contribution is -0.137. The van der Waals surface area contributed by atoms with Crippen molar-refractivity contribution in [2.75, 3.05) is 13.7 Å². The summed E-state index contributed by atoms with van der Waals surface area (Å²) in [6.45, 7) is 4.63. The number of alkyl halides is 3. The van der Waals surface area contributed by atoms with Crippen LogP contribution >= 0.6 is 0 Å². The Balaban J connectivity index is 1.65. The van der Waals surface area contributed by atoms with Crippen molar-refractivity contribution in [1.82, 2.24) is 29.7 Å². The van der Waals surface area contributed by atoms with Gasteiger partial charge in [-0.3, -0.25) is 4.68 Å². The maximum absolute atomic E-state index is 15.1. The molecule has 0 unspecified atom stereocenters. The highest BCUT2D eigenvalue weighted by Crippen LogP contribution is 2.35. The number of hydrogen-bond acceptors (Lipinski definition) is 6.